The molecule has 0 saturated carbocycles. The Morgan fingerprint density at radius 1 is 1.25 bits per heavy atom. The molecule has 6 heteroatoms. The fourth-order valence-electron chi connectivity index (χ4n) is 2.77. The first-order chi connectivity index (χ1) is 11.5. The van der Waals surface area contributed by atoms with Crippen LogP contribution in [0.3, 0.4) is 0 Å². The van der Waals surface area contributed by atoms with Gasteiger partial charge in [-0.2, -0.15) is 0 Å². The first-order valence-corrected chi connectivity index (χ1v) is 7.82. The summed E-state index contributed by atoms with van der Waals surface area (Å²) in [5.41, 5.74) is 8.77. The molecule has 0 spiro atoms. The van der Waals surface area contributed by atoms with E-state index in [1.54, 1.807) is 13.2 Å². The summed E-state index contributed by atoms with van der Waals surface area (Å²) >= 11 is 0. The number of likely N-dealkylation sites (N-methyl/N-ethyl adjacent to an activating group) is 1. The summed E-state index contributed by atoms with van der Waals surface area (Å²) in [6.07, 6.45) is 0. The predicted octanol–water partition coefficient (Wildman–Crippen LogP) is 2.25. The Morgan fingerprint density at radius 3 is 2.75 bits per heavy atom. The molecule has 126 valence electrons. The summed E-state index contributed by atoms with van der Waals surface area (Å²) in [6, 6.07) is 9.07. The van der Waals surface area contributed by atoms with E-state index in [2.05, 4.69) is 15.2 Å². The van der Waals surface area contributed by atoms with Crippen molar-refractivity contribution >= 4 is 33.2 Å². The molecule has 0 unspecified atom stereocenters. The van der Waals surface area contributed by atoms with Crippen LogP contribution in [0.1, 0.15) is 0 Å². The number of pyridine rings is 1. The second-order valence-corrected chi connectivity index (χ2v) is 6.05. The van der Waals surface area contributed by atoms with Gasteiger partial charge in [-0.1, -0.05) is 0 Å². The van der Waals surface area contributed by atoms with Crippen molar-refractivity contribution < 1.29 is 4.74 Å². The number of aromatic nitrogens is 1. The third-order valence-corrected chi connectivity index (χ3v) is 4.07. The van der Waals surface area contributed by atoms with Gasteiger partial charge >= 0.3 is 0 Å². The highest BCUT2D eigenvalue weighted by atomic mass is 16.5. The van der Waals surface area contributed by atoms with E-state index in [4.69, 9.17) is 10.5 Å². The van der Waals surface area contributed by atoms with Gasteiger partial charge in [-0.3, -0.25) is 4.79 Å². The van der Waals surface area contributed by atoms with Crippen LogP contribution < -0.4 is 21.2 Å². The standard InChI is InChI=1S/C18H22N4O2/c1-22(2)9-8-20-15-7-5-13(19)17-16(15)18(23)12-10-11(24-3)4-6-14(12)21-17/h4-7,10,20H,8-9,19H2,1-3H3,(H,21,23). The fraction of sp³-hybridized carbons (Fsp3) is 0.278. The first kappa shape index (κ1) is 16.1. The summed E-state index contributed by atoms with van der Waals surface area (Å²) in [6.45, 7) is 1.60. The average molecular weight is 326 g/mol. The number of hydrogen-bond donors (Lipinski definition) is 3. The van der Waals surface area contributed by atoms with Crippen LogP contribution in [0, 0.1) is 0 Å². The van der Waals surface area contributed by atoms with Gasteiger partial charge in [-0.05, 0) is 44.4 Å². The minimum atomic E-state index is -0.0581. The van der Waals surface area contributed by atoms with Gasteiger partial charge in [0.05, 0.1) is 29.2 Å². The van der Waals surface area contributed by atoms with E-state index in [0.717, 1.165) is 24.3 Å². The minimum Gasteiger partial charge on any atom is -0.497 e. The van der Waals surface area contributed by atoms with Crippen LogP contribution in [0.2, 0.25) is 0 Å². The van der Waals surface area contributed by atoms with E-state index in [9.17, 15) is 4.79 Å². The number of benzene rings is 2. The fourth-order valence-corrected chi connectivity index (χ4v) is 2.77. The van der Waals surface area contributed by atoms with E-state index < -0.39 is 0 Å². The van der Waals surface area contributed by atoms with Gasteiger partial charge in [0, 0.05) is 24.2 Å². The smallest absolute Gasteiger partial charge is 0.199 e. The number of hydrogen-bond acceptors (Lipinski definition) is 5. The van der Waals surface area contributed by atoms with Gasteiger partial charge in [0.15, 0.2) is 5.43 Å². The Balaban J connectivity index is 2.21. The van der Waals surface area contributed by atoms with Crippen LogP contribution in [-0.4, -0.2) is 44.2 Å². The first-order valence-electron chi connectivity index (χ1n) is 7.82. The monoisotopic (exact) mass is 326 g/mol. The normalized spacial score (nSPS) is 11.3. The van der Waals surface area contributed by atoms with Crippen molar-refractivity contribution in [3.63, 3.8) is 0 Å². The molecular weight excluding hydrogens is 304 g/mol. The van der Waals surface area contributed by atoms with E-state index in [0.29, 0.717) is 27.7 Å². The molecule has 2 aromatic carbocycles. The van der Waals surface area contributed by atoms with Crippen LogP contribution in [0.4, 0.5) is 11.4 Å². The lowest BCUT2D eigenvalue weighted by molar-refractivity contribution is 0.415. The highest BCUT2D eigenvalue weighted by Crippen LogP contribution is 2.27. The maximum absolute atomic E-state index is 13.0. The maximum atomic E-state index is 13.0. The number of fused-ring (bicyclic) bond motifs is 2. The Labute approximate surface area is 140 Å². The second-order valence-electron chi connectivity index (χ2n) is 6.05. The minimum absolute atomic E-state index is 0.0581. The second kappa shape index (κ2) is 6.41. The molecule has 3 rings (SSSR count). The van der Waals surface area contributed by atoms with Crippen LogP contribution >= 0.6 is 0 Å². The number of nitrogens with two attached hydrogens (primary N) is 1. The molecule has 4 N–H and O–H groups in total. The molecule has 0 saturated heterocycles. The van der Waals surface area contributed by atoms with Crippen molar-refractivity contribution in [3.05, 3.63) is 40.6 Å². The molecule has 1 aromatic heterocycles. The van der Waals surface area contributed by atoms with Gasteiger partial charge < -0.3 is 25.7 Å². The zero-order valence-corrected chi connectivity index (χ0v) is 14.1. The Morgan fingerprint density at radius 2 is 2.04 bits per heavy atom. The van der Waals surface area contributed by atoms with Gasteiger partial charge in [0.1, 0.15) is 5.75 Å². The van der Waals surface area contributed by atoms with E-state index >= 15 is 0 Å². The van der Waals surface area contributed by atoms with E-state index in [1.807, 2.05) is 38.4 Å². The molecule has 0 amide bonds. The Kier molecular flexibility index (Phi) is 4.31. The summed E-state index contributed by atoms with van der Waals surface area (Å²) < 4.78 is 5.24. The van der Waals surface area contributed by atoms with Crippen LogP contribution in [0.15, 0.2) is 35.1 Å². The number of aromatic amines is 1. The number of rotatable bonds is 5. The zero-order chi connectivity index (χ0) is 17.3. The molecule has 0 aliphatic heterocycles. The third kappa shape index (κ3) is 2.88. The number of ether oxygens (including phenoxy) is 1. The van der Waals surface area contributed by atoms with Crippen LogP contribution in [-0.2, 0) is 0 Å². The van der Waals surface area contributed by atoms with Gasteiger partial charge in [-0.25, -0.2) is 0 Å². The van der Waals surface area contributed by atoms with Crippen molar-refractivity contribution in [1.82, 2.24) is 9.88 Å². The lowest BCUT2D eigenvalue weighted by Crippen LogP contribution is -2.21. The number of methoxy groups -OCH3 is 1. The van der Waals surface area contributed by atoms with Crippen LogP contribution in [0.25, 0.3) is 21.8 Å². The average Bonchev–Trinajstić information content (AvgIpc) is 2.57. The van der Waals surface area contributed by atoms with E-state index in [-0.39, 0.29) is 5.43 Å². The number of H-pyrrole nitrogens is 1. The highest BCUT2D eigenvalue weighted by Gasteiger charge is 2.12. The van der Waals surface area contributed by atoms with Crippen molar-refractivity contribution in [2.75, 3.05) is 45.3 Å². The van der Waals surface area contributed by atoms with Crippen molar-refractivity contribution in [1.29, 1.82) is 0 Å². The topological polar surface area (TPSA) is 83.4 Å². The Hall–Kier alpha value is -2.73. The number of anilines is 2. The lowest BCUT2D eigenvalue weighted by Gasteiger charge is -2.14. The maximum Gasteiger partial charge on any atom is 0.199 e. The predicted molar refractivity (Wildman–Crippen MR) is 100 cm³/mol. The molecule has 6 nitrogen and oxygen atoms in total. The van der Waals surface area contributed by atoms with Gasteiger partial charge in [0.2, 0.25) is 0 Å². The lowest BCUT2D eigenvalue weighted by atomic mass is 10.1. The zero-order valence-electron chi connectivity index (χ0n) is 14.1. The number of nitrogens with zero attached hydrogens (tertiary/aromatic N) is 1. The van der Waals surface area contributed by atoms with Crippen molar-refractivity contribution in [3.8, 4) is 5.75 Å². The highest BCUT2D eigenvalue weighted by molar-refractivity contribution is 6.04. The quantitative estimate of drug-likeness (QED) is 0.495. The molecular formula is C18H22N4O2. The third-order valence-electron chi connectivity index (χ3n) is 4.07. The summed E-state index contributed by atoms with van der Waals surface area (Å²) in [5, 5.41) is 4.50. The molecule has 0 radical (unpaired) electrons. The number of nitrogens with one attached hydrogen (secondary N) is 2. The molecule has 0 bridgehead atoms. The molecule has 0 aliphatic carbocycles. The molecule has 1 heterocycles. The SMILES string of the molecule is COc1ccc2[nH]c3c(N)ccc(NCCN(C)C)c3c(=O)c2c1. The largest absolute Gasteiger partial charge is 0.497 e. The molecule has 0 fully saturated rings. The number of nitrogen functional groups attached to an aromatic ring is 1. The Bertz CT molecular complexity index is 947. The summed E-state index contributed by atoms with van der Waals surface area (Å²) in [4.78, 5) is 18.4. The molecule has 24 heavy (non-hydrogen) atoms. The van der Waals surface area contributed by atoms with Crippen molar-refractivity contribution in [2.45, 2.75) is 0 Å². The van der Waals surface area contributed by atoms with Gasteiger partial charge in [-0.15, -0.1) is 0 Å². The summed E-state index contributed by atoms with van der Waals surface area (Å²) in [7, 11) is 5.60. The molecule has 3 aromatic rings. The molecule has 0 aliphatic rings. The van der Waals surface area contributed by atoms with Crippen LogP contribution in [0.5, 0.6) is 5.75 Å². The summed E-state index contributed by atoms with van der Waals surface area (Å²) in [5.74, 6) is 0.651. The van der Waals surface area contributed by atoms with E-state index in [1.165, 1.54) is 0 Å². The van der Waals surface area contributed by atoms with Gasteiger partial charge in [0.25, 0.3) is 0 Å². The van der Waals surface area contributed by atoms with Crippen molar-refractivity contribution in [2.24, 2.45) is 0 Å². The molecule has 0 atom stereocenters.